The lowest BCUT2D eigenvalue weighted by Crippen LogP contribution is -2.35. The number of primary amides is 1. The summed E-state index contributed by atoms with van der Waals surface area (Å²) in [7, 11) is 1.84. The van der Waals surface area contributed by atoms with Crippen LogP contribution >= 0.6 is 0 Å². The Morgan fingerprint density at radius 3 is 2.62 bits per heavy atom. The quantitative estimate of drug-likeness (QED) is 0.706. The van der Waals surface area contributed by atoms with Gasteiger partial charge in [-0.05, 0) is 13.8 Å². The van der Waals surface area contributed by atoms with Gasteiger partial charge in [0.25, 0.3) is 0 Å². The van der Waals surface area contributed by atoms with Crippen LogP contribution < -0.4 is 16.4 Å². The Hall–Kier alpha value is -1.56. The monoisotopic (exact) mass is 225 g/mol. The number of anilines is 1. The van der Waals surface area contributed by atoms with Crippen LogP contribution in [0, 0.1) is 6.92 Å². The average Bonchev–Trinajstić information content (AvgIpc) is 2.49. The number of aryl methyl sites for hydroxylation is 2. The van der Waals surface area contributed by atoms with E-state index in [1.807, 2.05) is 25.8 Å². The zero-order valence-electron chi connectivity index (χ0n) is 10.0. The number of rotatable bonds is 5. The predicted octanol–water partition coefficient (Wildman–Crippen LogP) is -0.501. The van der Waals surface area contributed by atoms with E-state index in [9.17, 15) is 4.79 Å². The van der Waals surface area contributed by atoms with Crippen molar-refractivity contribution >= 4 is 11.7 Å². The number of aromatic nitrogens is 2. The molecule has 16 heavy (non-hydrogen) atoms. The normalized spacial score (nSPS) is 10.5. The van der Waals surface area contributed by atoms with Crippen molar-refractivity contribution < 1.29 is 4.79 Å². The molecule has 0 spiro atoms. The van der Waals surface area contributed by atoms with Gasteiger partial charge >= 0.3 is 0 Å². The minimum atomic E-state index is -0.358. The number of carbonyl (C=O) groups excluding carboxylic acids is 1. The molecule has 0 aliphatic rings. The molecule has 0 aliphatic carbocycles. The molecule has 0 saturated heterocycles. The molecule has 6 heteroatoms. The number of likely N-dealkylation sites (N-methyl/N-ethyl adjacent to an activating group) is 1. The minimum absolute atomic E-state index is 0.183. The van der Waals surface area contributed by atoms with E-state index in [0.717, 1.165) is 17.1 Å². The van der Waals surface area contributed by atoms with Gasteiger partial charge in [-0.25, -0.2) is 0 Å². The van der Waals surface area contributed by atoms with Gasteiger partial charge in [0, 0.05) is 25.7 Å². The zero-order chi connectivity index (χ0) is 12.3. The Bertz CT molecular complexity index is 385. The van der Waals surface area contributed by atoms with Gasteiger partial charge in [0.05, 0.1) is 12.2 Å². The van der Waals surface area contributed by atoms with E-state index < -0.39 is 0 Å². The van der Waals surface area contributed by atoms with Crippen LogP contribution in [0.15, 0.2) is 0 Å². The molecule has 0 radical (unpaired) electrons. The van der Waals surface area contributed by atoms with Crippen LogP contribution in [-0.4, -0.2) is 28.8 Å². The smallest absolute Gasteiger partial charge is 0.236 e. The first-order valence-electron chi connectivity index (χ1n) is 5.27. The molecule has 1 aromatic rings. The van der Waals surface area contributed by atoms with E-state index in [1.54, 1.807) is 4.68 Å². The second kappa shape index (κ2) is 4.98. The molecule has 1 aromatic heterocycles. The fourth-order valence-corrected chi connectivity index (χ4v) is 1.85. The molecule has 0 atom stereocenters. The third-order valence-electron chi connectivity index (χ3n) is 2.55. The highest BCUT2D eigenvalue weighted by Crippen LogP contribution is 2.22. The van der Waals surface area contributed by atoms with E-state index in [1.165, 1.54) is 0 Å². The van der Waals surface area contributed by atoms with Crippen LogP contribution in [0.3, 0.4) is 0 Å². The van der Waals surface area contributed by atoms with Crippen LogP contribution in [0.25, 0.3) is 0 Å². The minimum Gasteiger partial charge on any atom is -0.368 e. The Kier molecular flexibility index (Phi) is 3.89. The summed E-state index contributed by atoms with van der Waals surface area (Å²) in [6.07, 6.45) is 0. The molecule has 1 heterocycles. The van der Waals surface area contributed by atoms with Gasteiger partial charge in [-0.3, -0.25) is 9.48 Å². The molecule has 1 amide bonds. The van der Waals surface area contributed by atoms with Gasteiger partial charge in [0.2, 0.25) is 5.91 Å². The summed E-state index contributed by atoms with van der Waals surface area (Å²) in [5.41, 5.74) is 12.8. The predicted molar refractivity (Wildman–Crippen MR) is 62.9 cm³/mol. The van der Waals surface area contributed by atoms with E-state index in [2.05, 4.69) is 5.10 Å². The van der Waals surface area contributed by atoms with E-state index >= 15 is 0 Å². The number of nitrogens with zero attached hydrogens (tertiary/aromatic N) is 3. The van der Waals surface area contributed by atoms with Crippen LogP contribution in [0.4, 0.5) is 5.82 Å². The first-order valence-corrected chi connectivity index (χ1v) is 5.27. The third kappa shape index (κ3) is 2.33. The lowest BCUT2D eigenvalue weighted by atomic mass is 10.2. The van der Waals surface area contributed by atoms with Crippen molar-refractivity contribution in [1.82, 2.24) is 9.78 Å². The maximum atomic E-state index is 11.0. The summed E-state index contributed by atoms with van der Waals surface area (Å²) in [4.78, 5) is 12.9. The average molecular weight is 225 g/mol. The second-order valence-electron chi connectivity index (χ2n) is 3.70. The summed E-state index contributed by atoms with van der Waals surface area (Å²) in [5, 5.41) is 4.30. The lowest BCUT2D eigenvalue weighted by Gasteiger charge is -2.22. The van der Waals surface area contributed by atoms with Crippen molar-refractivity contribution in [2.45, 2.75) is 20.4 Å². The fraction of sp³-hybridized carbons (Fsp3) is 0.600. The van der Waals surface area contributed by atoms with Crippen molar-refractivity contribution in [3.63, 3.8) is 0 Å². The summed E-state index contributed by atoms with van der Waals surface area (Å²) < 4.78 is 1.74. The van der Waals surface area contributed by atoms with Crippen LogP contribution in [0.1, 0.15) is 18.2 Å². The Balaban J connectivity index is 3.12. The Morgan fingerprint density at radius 2 is 2.19 bits per heavy atom. The fourth-order valence-electron chi connectivity index (χ4n) is 1.85. The summed E-state index contributed by atoms with van der Waals surface area (Å²) in [6, 6.07) is 0. The molecule has 0 bridgehead atoms. The van der Waals surface area contributed by atoms with Crippen LogP contribution in [-0.2, 0) is 18.4 Å². The molecule has 4 N–H and O–H groups in total. The Morgan fingerprint density at radius 1 is 1.56 bits per heavy atom. The first-order chi connectivity index (χ1) is 7.51. The van der Waals surface area contributed by atoms with E-state index in [4.69, 9.17) is 11.5 Å². The van der Waals surface area contributed by atoms with Gasteiger partial charge in [-0.15, -0.1) is 0 Å². The topological polar surface area (TPSA) is 90.2 Å². The Labute approximate surface area is 95.2 Å². The standard InChI is InChI=1S/C10H19N5O/c1-4-15(6-9(12)16)10-8(5-11)7(2)13-14(10)3/h4-6,11H2,1-3H3,(H2,12,16). The number of nitrogens with two attached hydrogens (primary N) is 2. The van der Waals surface area contributed by atoms with Crippen molar-refractivity contribution in [3.05, 3.63) is 11.3 Å². The van der Waals surface area contributed by atoms with Gasteiger partial charge in [0.15, 0.2) is 0 Å². The van der Waals surface area contributed by atoms with Gasteiger partial charge in [-0.1, -0.05) is 0 Å². The summed E-state index contributed by atoms with van der Waals surface area (Å²) in [5.74, 6) is 0.518. The van der Waals surface area contributed by atoms with Gasteiger partial charge in [0.1, 0.15) is 5.82 Å². The number of hydrogen-bond acceptors (Lipinski definition) is 4. The first kappa shape index (κ1) is 12.5. The largest absolute Gasteiger partial charge is 0.368 e. The zero-order valence-corrected chi connectivity index (χ0v) is 10.0. The van der Waals surface area contributed by atoms with E-state index in [-0.39, 0.29) is 12.5 Å². The number of amides is 1. The lowest BCUT2D eigenvalue weighted by molar-refractivity contribution is -0.116. The molecular weight excluding hydrogens is 206 g/mol. The van der Waals surface area contributed by atoms with Crippen molar-refractivity contribution in [2.75, 3.05) is 18.0 Å². The maximum absolute atomic E-state index is 11.0. The van der Waals surface area contributed by atoms with Gasteiger partial charge < -0.3 is 16.4 Å². The third-order valence-corrected chi connectivity index (χ3v) is 2.55. The summed E-state index contributed by atoms with van der Waals surface area (Å²) >= 11 is 0. The molecular formula is C10H19N5O. The number of carbonyl (C=O) groups is 1. The van der Waals surface area contributed by atoms with Crippen molar-refractivity contribution in [3.8, 4) is 0 Å². The van der Waals surface area contributed by atoms with Crippen molar-refractivity contribution in [2.24, 2.45) is 18.5 Å². The summed E-state index contributed by atoms with van der Waals surface area (Å²) in [6.45, 7) is 5.15. The molecule has 6 nitrogen and oxygen atoms in total. The van der Waals surface area contributed by atoms with Crippen molar-refractivity contribution in [1.29, 1.82) is 0 Å². The highest BCUT2D eigenvalue weighted by Gasteiger charge is 2.18. The maximum Gasteiger partial charge on any atom is 0.236 e. The molecule has 90 valence electrons. The SMILES string of the molecule is CCN(CC(N)=O)c1c(CN)c(C)nn1C. The molecule has 1 rings (SSSR count). The van der Waals surface area contributed by atoms with E-state index in [0.29, 0.717) is 13.1 Å². The molecule has 0 saturated carbocycles. The highest BCUT2D eigenvalue weighted by atomic mass is 16.1. The second-order valence-corrected chi connectivity index (χ2v) is 3.70. The molecule has 0 aliphatic heterocycles. The molecule has 0 aromatic carbocycles. The van der Waals surface area contributed by atoms with Crippen LogP contribution in [0.5, 0.6) is 0 Å². The highest BCUT2D eigenvalue weighted by molar-refractivity contribution is 5.79. The molecule has 0 fully saturated rings. The molecule has 0 unspecified atom stereocenters. The van der Waals surface area contributed by atoms with Gasteiger partial charge in [-0.2, -0.15) is 5.10 Å². The number of hydrogen-bond donors (Lipinski definition) is 2. The van der Waals surface area contributed by atoms with Crippen LogP contribution in [0.2, 0.25) is 0 Å².